The zero-order valence-corrected chi connectivity index (χ0v) is 9.59. The van der Waals surface area contributed by atoms with Crippen LogP contribution in [0.1, 0.15) is 11.3 Å². The average Bonchev–Trinajstić information content (AvgIpc) is 2.87. The smallest absolute Gasteiger partial charge is 0.137 e. The molecule has 0 unspecified atom stereocenters. The van der Waals surface area contributed by atoms with Gasteiger partial charge in [-0.3, -0.25) is 9.08 Å². The second-order valence-corrected chi connectivity index (χ2v) is 4.51. The molecule has 4 nitrogen and oxygen atoms in total. The van der Waals surface area contributed by atoms with Crippen molar-refractivity contribution in [3.8, 4) is 11.4 Å². The summed E-state index contributed by atoms with van der Waals surface area (Å²) < 4.78 is 4.03. The van der Waals surface area contributed by atoms with Crippen LogP contribution in [0.4, 0.5) is 0 Å². The average molecular weight is 224 g/mol. The summed E-state index contributed by atoms with van der Waals surface area (Å²) in [5.74, 6) is 0. The fourth-order valence-electron chi connectivity index (χ4n) is 2.64. The van der Waals surface area contributed by atoms with Gasteiger partial charge in [0.15, 0.2) is 0 Å². The van der Waals surface area contributed by atoms with Gasteiger partial charge in [0.2, 0.25) is 0 Å². The molecule has 17 heavy (non-hydrogen) atoms. The Labute approximate surface area is 98.5 Å². The number of imidazole rings is 1. The lowest BCUT2D eigenvalue weighted by Crippen LogP contribution is -2.03. The summed E-state index contributed by atoms with van der Waals surface area (Å²) in [6, 6.07) is 6.10. The first kappa shape index (κ1) is 8.98. The molecule has 3 heterocycles. The van der Waals surface area contributed by atoms with E-state index in [0.29, 0.717) is 0 Å². The van der Waals surface area contributed by atoms with Gasteiger partial charge in [-0.1, -0.05) is 6.07 Å². The van der Waals surface area contributed by atoms with E-state index in [9.17, 15) is 0 Å². The molecule has 3 aromatic heterocycles. The number of hydrogen-bond acceptors (Lipinski definition) is 2. The van der Waals surface area contributed by atoms with Crippen LogP contribution < -0.4 is 0 Å². The largest absolute Gasteiger partial charge is 0.298 e. The second-order valence-electron chi connectivity index (χ2n) is 4.51. The highest BCUT2D eigenvalue weighted by molar-refractivity contribution is 5.68. The number of rotatable bonds is 0. The van der Waals surface area contributed by atoms with Crippen LogP contribution in [-0.2, 0) is 19.9 Å². The molecular formula is C13H12N4. The fraction of sp³-hybridized carbons (Fsp3) is 0.231. The van der Waals surface area contributed by atoms with Gasteiger partial charge in [-0.2, -0.15) is 5.10 Å². The maximum absolute atomic E-state index is 4.68. The number of aryl methyl sites for hydroxylation is 3. The topological polar surface area (TPSA) is 35.1 Å². The molecule has 0 bridgehead atoms. The summed E-state index contributed by atoms with van der Waals surface area (Å²) >= 11 is 0. The van der Waals surface area contributed by atoms with Gasteiger partial charge < -0.3 is 0 Å². The van der Waals surface area contributed by atoms with Crippen molar-refractivity contribution in [1.82, 2.24) is 19.2 Å². The Morgan fingerprint density at radius 3 is 3.12 bits per heavy atom. The Morgan fingerprint density at radius 2 is 2.18 bits per heavy atom. The lowest BCUT2D eigenvalue weighted by atomic mass is 9.99. The van der Waals surface area contributed by atoms with E-state index >= 15 is 0 Å². The van der Waals surface area contributed by atoms with Crippen LogP contribution in [0, 0.1) is 0 Å². The number of pyridine rings is 1. The third-order valence-corrected chi connectivity index (χ3v) is 3.36. The van der Waals surface area contributed by atoms with Crippen molar-refractivity contribution in [3.05, 3.63) is 41.9 Å². The zero-order chi connectivity index (χ0) is 11.4. The van der Waals surface area contributed by atoms with Gasteiger partial charge in [0.05, 0.1) is 11.4 Å². The molecule has 0 fully saturated rings. The highest BCUT2D eigenvalue weighted by Gasteiger charge is 2.24. The van der Waals surface area contributed by atoms with Crippen molar-refractivity contribution in [2.45, 2.75) is 12.8 Å². The minimum absolute atomic E-state index is 1.01. The molecule has 1 aliphatic carbocycles. The van der Waals surface area contributed by atoms with Crippen molar-refractivity contribution in [1.29, 1.82) is 0 Å². The molecule has 84 valence electrons. The fourth-order valence-corrected chi connectivity index (χ4v) is 2.64. The molecule has 0 saturated carbocycles. The van der Waals surface area contributed by atoms with Crippen LogP contribution in [0.2, 0.25) is 0 Å². The summed E-state index contributed by atoms with van der Waals surface area (Å²) in [6.45, 7) is 0. The van der Waals surface area contributed by atoms with Gasteiger partial charge in [-0.05, 0) is 25.0 Å². The van der Waals surface area contributed by atoms with Crippen LogP contribution >= 0.6 is 0 Å². The summed E-state index contributed by atoms with van der Waals surface area (Å²) in [7, 11) is 1.97. The van der Waals surface area contributed by atoms with Crippen LogP contribution in [0.15, 0.2) is 30.6 Å². The molecule has 0 aliphatic heterocycles. The number of hydrogen-bond donors (Lipinski definition) is 0. The lowest BCUT2D eigenvalue weighted by Gasteiger charge is -2.09. The molecule has 1 aliphatic rings. The van der Waals surface area contributed by atoms with Gasteiger partial charge in [0.25, 0.3) is 0 Å². The minimum atomic E-state index is 1.01. The van der Waals surface area contributed by atoms with E-state index in [1.807, 2.05) is 29.9 Å². The van der Waals surface area contributed by atoms with Crippen LogP contribution in [0.3, 0.4) is 0 Å². The number of aromatic nitrogens is 4. The Kier molecular flexibility index (Phi) is 1.57. The molecule has 0 saturated heterocycles. The van der Waals surface area contributed by atoms with E-state index in [-0.39, 0.29) is 0 Å². The summed E-state index contributed by atoms with van der Waals surface area (Å²) in [6.07, 6.45) is 6.22. The SMILES string of the molecule is Cn1cc2c(n1)-c1c(nc3ccccn13)CC2. The quantitative estimate of drug-likeness (QED) is 0.584. The molecule has 0 atom stereocenters. The van der Waals surface area contributed by atoms with Gasteiger partial charge in [0, 0.05) is 25.0 Å². The first-order valence-electron chi connectivity index (χ1n) is 5.82. The third-order valence-electron chi connectivity index (χ3n) is 3.36. The third kappa shape index (κ3) is 1.12. The molecule has 0 spiro atoms. The van der Waals surface area contributed by atoms with Gasteiger partial charge in [-0.25, -0.2) is 4.98 Å². The van der Waals surface area contributed by atoms with Crippen molar-refractivity contribution in [3.63, 3.8) is 0 Å². The highest BCUT2D eigenvalue weighted by Crippen LogP contribution is 2.32. The highest BCUT2D eigenvalue weighted by atomic mass is 15.3. The number of fused-ring (bicyclic) bond motifs is 5. The summed E-state index contributed by atoms with van der Waals surface area (Å²) in [5, 5.41) is 4.57. The molecule has 3 aromatic rings. The molecule has 4 heteroatoms. The standard InChI is InChI=1S/C13H12N4/c1-16-8-9-5-6-10-13(12(9)15-16)17-7-3-2-4-11(17)14-10/h2-4,7-8H,5-6H2,1H3. The van der Waals surface area contributed by atoms with Gasteiger partial charge in [-0.15, -0.1) is 0 Å². The first-order valence-corrected chi connectivity index (χ1v) is 5.82. The molecule has 0 radical (unpaired) electrons. The summed E-state index contributed by atoms with van der Waals surface area (Å²) in [5.41, 5.74) is 5.76. The molecule has 0 amide bonds. The Hall–Kier alpha value is -2.10. The first-order chi connectivity index (χ1) is 8.33. The molecule has 4 rings (SSSR count). The number of nitrogens with zero attached hydrogens (tertiary/aromatic N) is 4. The maximum atomic E-state index is 4.68. The van der Waals surface area contributed by atoms with Crippen molar-refractivity contribution in [2.24, 2.45) is 7.05 Å². The monoisotopic (exact) mass is 224 g/mol. The summed E-state index contributed by atoms with van der Waals surface area (Å²) in [4.78, 5) is 4.68. The Balaban J connectivity index is 2.13. The van der Waals surface area contributed by atoms with Crippen LogP contribution in [0.5, 0.6) is 0 Å². The van der Waals surface area contributed by atoms with E-state index < -0.39 is 0 Å². The van der Waals surface area contributed by atoms with E-state index in [1.54, 1.807) is 0 Å². The zero-order valence-electron chi connectivity index (χ0n) is 9.59. The van der Waals surface area contributed by atoms with E-state index in [2.05, 4.69) is 26.9 Å². The molecular weight excluding hydrogens is 212 g/mol. The predicted molar refractivity (Wildman–Crippen MR) is 64.8 cm³/mol. The lowest BCUT2D eigenvalue weighted by molar-refractivity contribution is 0.769. The van der Waals surface area contributed by atoms with E-state index in [4.69, 9.17) is 0 Å². The minimum Gasteiger partial charge on any atom is -0.298 e. The Morgan fingerprint density at radius 1 is 1.24 bits per heavy atom. The molecule has 0 aromatic carbocycles. The van der Waals surface area contributed by atoms with E-state index in [0.717, 1.165) is 24.2 Å². The van der Waals surface area contributed by atoms with Gasteiger partial charge in [0.1, 0.15) is 11.3 Å². The van der Waals surface area contributed by atoms with Crippen LogP contribution in [-0.4, -0.2) is 19.2 Å². The molecule has 0 N–H and O–H groups in total. The normalized spacial score (nSPS) is 13.7. The van der Waals surface area contributed by atoms with E-state index in [1.165, 1.54) is 17.0 Å². The predicted octanol–water partition coefficient (Wildman–Crippen LogP) is 1.83. The van der Waals surface area contributed by atoms with Crippen molar-refractivity contribution < 1.29 is 0 Å². The second kappa shape index (κ2) is 2.97. The van der Waals surface area contributed by atoms with Crippen molar-refractivity contribution in [2.75, 3.05) is 0 Å². The Bertz CT molecular complexity index is 720. The van der Waals surface area contributed by atoms with Crippen LogP contribution in [0.25, 0.3) is 17.0 Å². The van der Waals surface area contributed by atoms with Gasteiger partial charge >= 0.3 is 0 Å². The maximum Gasteiger partial charge on any atom is 0.137 e. The van der Waals surface area contributed by atoms with Crippen molar-refractivity contribution >= 4 is 5.65 Å².